The zero-order chi connectivity index (χ0) is 13.5. The molecule has 4 nitrogen and oxygen atoms in total. The van der Waals surface area contributed by atoms with Crippen LogP contribution in [0.4, 0.5) is 0 Å². The molecular weight excluding hydrogens is 234 g/mol. The summed E-state index contributed by atoms with van der Waals surface area (Å²) < 4.78 is 11.4. The standard InChI is InChI=1S/C12H25NO3Si/c1-6-15-17(5,16-7-2)9-8-11(13)12(14)10(3)4/h11H,3,6-9,13H2,1-2,4-5H3. The molecule has 0 aliphatic heterocycles. The van der Waals surface area contributed by atoms with Crippen LogP contribution in [0.5, 0.6) is 0 Å². The maximum absolute atomic E-state index is 11.6. The van der Waals surface area contributed by atoms with Gasteiger partial charge in [0.1, 0.15) is 0 Å². The maximum Gasteiger partial charge on any atom is 0.334 e. The Hall–Kier alpha value is -0.493. The molecule has 0 bridgehead atoms. The van der Waals surface area contributed by atoms with Gasteiger partial charge in [-0.1, -0.05) is 6.58 Å². The average molecular weight is 259 g/mol. The van der Waals surface area contributed by atoms with Crippen LogP contribution in [0, 0.1) is 0 Å². The van der Waals surface area contributed by atoms with Crippen molar-refractivity contribution in [1.29, 1.82) is 0 Å². The monoisotopic (exact) mass is 259 g/mol. The van der Waals surface area contributed by atoms with E-state index >= 15 is 0 Å². The minimum atomic E-state index is -2.15. The van der Waals surface area contributed by atoms with Crippen molar-refractivity contribution in [2.75, 3.05) is 13.2 Å². The number of rotatable bonds is 9. The van der Waals surface area contributed by atoms with Gasteiger partial charge < -0.3 is 14.6 Å². The van der Waals surface area contributed by atoms with E-state index in [0.717, 1.165) is 6.04 Å². The van der Waals surface area contributed by atoms with Gasteiger partial charge in [-0.2, -0.15) is 0 Å². The number of hydrogen-bond acceptors (Lipinski definition) is 4. The number of hydrogen-bond donors (Lipinski definition) is 1. The summed E-state index contributed by atoms with van der Waals surface area (Å²) in [6.45, 7) is 12.5. The summed E-state index contributed by atoms with van der Waals surface area (Å²) in [5.41, 5.74) is 6.33. The van der Waals surface area contributed by atoms with E-state index in [0.29, 0.717) is 25.2 Å². The quantitative estimate of drug-likeness (QED) is 0.508. The highest BCUT2D eigenvalue weighted by Crippen LogP contribution is 2.17. The summed E-state index contributed by atoms with van der Waals surface area (Å²) in [5.74, 6) is -0.0747. The molecule has 17 heavy (non-hydrogen) atoms. The number of carbonyl (C=O) groups excluding carboxylic acids is 1. The van der Waals surface area contributed by atoms with E-state index in [9.17, 15) is 4.79 Å². The molecule has 0 aromatic heterocycles. The highest BCUT2D eigenvalue weighted by Gasteiger charge is 2.31. The number of ketones is 1. The van der Waals surface area contributed by atoms with E-state index in [-0.39, 0.29) is 5.78 Å². The normalized spacial score (nSPS) is 13.5. The lowest BCUT2D eigenvalue weighted by atomic mass is 10.1. The van der Waals surface area contributed by atoms with Gasteiger partial charge in [0.15, 0.2) is 5.78 Å². The molecule has 0 heterocycles. The van der Waals surface area contributed by atoms with Crippen LogP contribution >= 0.6 is 0 Å². The Balaban J connectivity index is 4.30. The molecule has 0 fully saturated rings. The van der Waals surface area contributed by atoms with E-state index in [1.54, 1.807) is 6.92 Å². The predicted octanol–water partition coefficient (Wildman–Crippen LogP) is 1.99. The first-order chi connectivity index (χ1) is 7.86. The van der Waals surface area contributed by atoms with E-state index in [1.165, 1.54) is 0 Å². The van der Waals surface area contributed by atoms with E-state index in [4.69, 9.17) is 14.6 Å². The van der Waals surface area contributed by atoms with Gasteiger partial charge in [0.25, 0.3) is 0 Å². The second kappa shape index (κ2) is 7.76. The lowest BCUT2D eigenvalue weighted by Crippen LogP contribution is -2.41. The minimum absolute atomic E-state index is 0.0747. The Bertz CT molecular complexity index is 262. The molecular formula is C12H25NO3Si. The zero-order valence-electron chi connectivity index (χ0n) is 11.4. The molecule has 0 spiro atoms. The molecule has 1 unspecified atom stereocenters. The van der Waals surface area contributed by atoms with Crippen molar-refractivity contribution in [2.45, 2.75) is 45.8 Å². The first-order valence-corrected chi connectivity index (χ1v) is 8.61. The summed E-state index contributed by atoms with van der Waals surface area (Å²) in [4.78, 5) is 11.6. The van der Waals surface area contributed by atoms with Gasteiger partial charge in [-0.05, 0) is 45.4 Å². The summed E-state index contributed by atoms with van der Waals surface area (Å²) in [6.07, 6.45) is 0.592. The molecule has 5 heteroatoms. The average Bonchev–Trinajstić information content (AvgIpc) is 2.25. The van der Waals surface area contributed by atoms with Crippen molar-refractivity contribution in [3.05, 3.63) is 12.2 Å². The predicted molar refractivity (Wildman–Crippen MR) is 72.1 cm³/mol. The van der Waals surface area contributed by atoms with Crippen molar-refractivity contribution in [3.8, 4) is 0 Å². The zero-order valence-corrected chi connectivity index (χ0v) is 12.4. The largest absolute Gasteiger partial charge is 0.395 e. The minimum Gasteiger partial charge on any atom is -0.395 e. The molecule has 0 rings (SSSR count). The summed E-state index contributed by atoms with van der Waals surface area (Å²) >= 11 is 0. The van der Waals surface area contributed by atoms with Crippen LogP contribution in [0.1, 0.15) is 27.2 Å². The van der Waals surface area contributed by atoms with Crippen molar-refractivity contribution in [2.24, 2.45) is 5.73 Å². The highest BCUT2D eigenvalue weighted by molar-refractivity contribution is 6.66. The Labute approximate surface area is 105 Å². The van der Waals surface area contributed by atoms with E-state index in [1.807, 2.05) is 20.4 Å². The fraction of sp³-hybridized carbons (Fsp3) is 0.750. The molecule has 0 amide bonds. The van der Waals surface area contributed by atoms with Crippen LogP contribution in [0.2, 0.25) is 12.6 Å². The fourth-order valence-corrected chi connectivity index (χ4v) is 4.09. The van der Waals surface area contributed by atoms with Crippen LogP contribution in [0.3, 0.4) is 0 Å². The van der Waals surface area contributed by atoms with E-state index in [2.05, 4.69) is 6.58 Å². The number of Topliss-reactive ketones (excluding diaryl/α,β-unsaturated/α-hetero) is 1. The molecule has 0 aliphatic carbocycles. The Morgan fingerprint density at radius 2 is 1.82 bits per heavy atom. The second-order valence-corrected chi connectivity index (χ2v) is 7.63. The van der Waals surface area contributed by atoms with E-state index < -0.39 is 14.6 Å². The molecule has 0 aliphatic rings. The van der Waals surface area contributed by atoms with Crippen molar-refractivity contribution in [3.63, 3.8) is 0 Å². The van der Waals surface area contributed by atoms with Crippen LogP contribution in [-0.4, -0.2) is 33.6 Å². The first-order valence-electron chi connectivity index (χ1n) is 6.09. The third kappa shape index (κ3) is 6.12. The number of nitrogens with two attached hydrogens (primary N) is 1. The van der Waals surface area contributed by atoms with Gasteiger partial charge in [0.2, 0.25) is 0 Å². The van der Waals surface area contributed by atoms with Gasteiger partial charge in [-0.15, -0.1) is 0 Å². The maximum atomic E-state index is 11.6. The van der Waals surface area contributed by atoms with Crippen LogP contribution in [-0.2, 0) is 13.6 Å². The Kier molecular flexibility index (Phi) is 7.54. The van der Waals surface area contributed by atoms with Crippen LogP contribution < -0.4 is 5.73 Å². The lowest BCUT2D eigenvalue weighted by molar-refractivity contribution is -0.116. The first kappa shape index (κ1) is 16.5. The Morgan fingerprint density at radius 3 is 2.18 bits per heavy atom. The van der Waals surface area contributed by atoms with Crippen molar-refractivity contribution in [1.82, 2.24) is 0 Å². The molecule has 0 saturated heterocycles. The third-order valence-corrected chi connectivity index (χ3v) is 5.56. The fourth-order valence-electron chi connectivity index (χ4n) is 1.66. The SMILES string of the molecule is C=C(C)C(=O)C(N)CC[Si](C)(OCC)OCC. The molecule has 2 N–H and O–H groups in total. The molecule has 0 aromatic carbocycles. The van der Waals surface area contributed by atoms with Crippen molar-refractivity contribution >= 4 is 14.3 Å². The lowest BCUT2D eigenvalue weighted by Gasteiger charge is -2.26. The highest BCUT2D eigenvalue weighted by atomic mass is 28.4. The second-order valence-electron chi connectivity index (χ2n) is 4.29. The van der Waals surface area contributed by atoms with Crippen LogP contribution in [0.25, 0.3) is 0 Å². The molecule has 0 saturated carbocycles. The van der Waals surface area contributed by atoms with Gasteiger partial charge >= 0.3 is 8.56 Å². The summed E-state index contributed by atoms with van der Waals surface area (Å²) in [6, 6.07) is 0.245. The number of carbonyl (C=O) groups is 1. The smallest absolute Gasteiger partial charge is 0.334 e. The molecule has 0 radical (unpaired) electrons. The van der Waals surface area contributed by atoms with Gasteiger partial charge in [0, 0.05) is 13.2 Å². The topological polar surface area (TPSA) is 61.6 Å². The molecule has 100 valence electrons. The van der Waals surface area contributed by atoms with Gasteiger partial charge in [-0.3, -0.25) is 4.79 Å². The molecule has 0 aromatic rings. The Morgan fingerprint density at radius 1 is 1.35 bits per heavy atom. The summed E-state index contributed by atoms with van der Waals surface area (Å²) in [5, 5.41) is 0. The third-order valence-electron chi connectivity index (χ3n) is 2.57. The van der Waals surface area contributed by atoms with Gasteiger partial charge in [0.05, 0.1) is 6.04 Å². The summed E-state index contributed by atoms with van der Waals surface area (Å²) in [7, 11) is -2.15. The van der Waals surface area contributed by atoms with Gasteiger partial charge in [-0.25, -0.2) is 0 Å². The van der Waals surface area contributed by atoms with Crippen LogP contribution in [0.15, 0.2) is 12.2 Å². The van der Waals surface area contributed by atoms with Crippen molar-refractivity contribution < 1.29 is 13.6 Å². The molecule has 1 atom stereocenters.